The molecule has 18 heteroatoms. The van der Waals surface area contributed by atoms with Gasteiger partial charge in [-0.05, 0) is 105 Å². The molecule has 70 heavy (non-hydrogen) atoms. The van der Waals surface area contributed by atoms with Crippen molar-refractivity contribution < 1.29 is 28.8 Å². The quantitative estimate of drug-likeness (QED) is 0.133. The third-order valence-corrected chi connectivity index (χ3v) is 15.3. The highest BCUT2D eigenvalue weighted by atomic mass is 16.2. The van der Waals surface area contributed by atoms with E-state index in [1.807, 2.05) is 46.5 Å². The van der Waals surface area contributed by atoms with Gasteiger partial charge in [0, 0.05) is 87.9 Å². The molecule has 1 atom stereocenters. The topological polar surface area (TPSA) is 198 Å². The van der Waals surface area contributed by atoms with Crippen LogP contribution in [0, 0.1) is 11.8 Å². The first-order valence-electron chi connectivity index (χ1n) is 24.9. The van der Waals surface area contributed by atoms with Gasteiger partial charge in [0.15, 0.2) is 17.0 Å². The summed E-state index contributed by atoms with van der Waals surface area (Å²) in [6, 6.07) is 22.8. The van der Waals surface area contributed by atoms with Crippen molar-refractivity contribution >= 4 is 69.5 Å². The number of piperazine rings is 1. The van der Waals surface area contributed by atoms with Crippen molar-refractivity contribution in [3.63, 3.8) is 0 Å². The number of carbonyl (C=O) groups is 6. The first kappa shape index (κ1) is 45.2. The van der Waals surface area contributed by atoms with Crippen LogP contribution in [0.2, 0.25) is 0 Å². The molecule has 0 radical (unpaired) electrons. The third kappa shape index (κ3) is 9.19. The lowest BCUT2D eigenvalue weighted by Gasteiger charge is -2.44. The van der Waals surface area contributed by atoms with Gasteiger partial charge in [0.1, 0.15) is 12.4 Å². The summed E-state index contributed by atoms with van der Waals surface area (Å²) in [4.78, 5) is 100. The van der Waals surface area contributed by atoms with Crippen LogP contribution in [0.25, 0.3) is 11.2 Å². The maximum atomic E-state index is 13.5. The second-order valence-corrected chi connectivity index (χ2v) is 19.8. The molecule has 5 aliphatic heterocycles. The zero-order chi connectivity index (χ0) is 47.9. The van der Waals surface area contributed by atoms with Crippen molar-refractivity contribution in [2.24, 2.45) is 11.8 Å². The highest BCUT2D eigenvalue weighted by Gasteiger charge is 2.45. The van der Waals surface area contributed by atoms with E-state index >= 15 is 0 Å². The second kappa shape index (κ2) is 19.3. The van der Waals surface area contributed by atoms with Crippen LogP contribution >= 0.6 is 0 Å². The Balaban J connectivity index is 0.577. The lowest BCUT2D eigenvalue weighted by Crippen LogP contribution is -2.58. The smallest absolute Gasteiger partial charge is 0.262 e. The Morgan fingerprint density at radius 2 is 1.50 bits per heavy atom. The number of nitrogens with one attached hydrogen (secondary N) is 3. The Morgan fingerprint density at radius 3 is 2.26 bits per heavy atom. The fraction of sp³-hybridized carbons (Fsp3) is 0.442. The highest BCUT2D eigenvalue weighted by molar-refractivity contribution is 6.23. The molecule has 1 aliphatic carbocycles. The van der Waals surface area contributed by atoms with Crippen molar-refractivity contribution in [2.75, 3.05) is 74.0 Å². The molecule has 0 bridgehead atoms. The van der Waals surface area contributed by atoms with Crippen molar-refractivity contribution in [1.29, 1.82) is 0 Å². The van der Waals surface area contributed by atoms with Crippen LogP contribution in [0.4, 0.5) is 22.9 Å². The second-order valence-electron chi connectivity index (χ2n) is 19.8. The van der Waals surface area contributed by atoms with E-state index in [0.717, 1.165) is 98.1 Å². The van der Waals surface area contributed by atoms with Gasteiger partial charge in [0.2, 0.25) is 23.6 Å². The third-order valence-electron chi connectivity index (χ3n) is 15.3. The van der Waals surface area contributed by atoms with Gasteiger partial charge in [-0.25, -0.2) is 15.0 Å². The average Bonchev–Trinajstić information content (AvgIpc) is 3.88. The number of piperidine rings is 2. The number of anilines is 4. The maximum Gasteiger partial charge on any atom is 0.262 e. The normalized spacial score (nSPS) is 22.2. The first-order valence-corrected chi connectivity index (χ1v) is 24.9. The zero-order valence-corrected chi connectivity index (χ0v) is 39.2. The summed E-state index contributed by atoms with van der Waals surface area (Å²) < 4.78 is 2.10. The van der Waals surface area contributed by atoms with Gasteiger partial charge in [-0.15, -0.1) is 0 Å². The monoisotopic (exact) mass is 946 g/mol. The molecule has 6 aliphatic rings. The largest absolute Gasteiger partial charge is 0.372 e. The minimum absolute atomic E-state index is 0.0468. The minimum Gasteiger partial charge on any atom is -0.372 e. The Hall–Kier alpha value is -7.21. The molecule has 362 valence electrons. The molecule has 3 aromatic carbocycles. The van der Waals surface area contributed by atoms with Gasteiger partial charge in [-0.2, -0.15) is 0 Å². The molecule has 11 rings (SSSR count). The number of fused-ring (bicyclic) bond motifs is 2. The van der Waals surface area contributed by atoms with Crippen LogP contribution in [0.5, 0.6) is 0 Å². The molecule has 7 heterocycles. The van der Waals surface area contributed by atoms with Crippen LogP contribution in [0.15, 0.2) is 85.5 Å². The van der Waals surface area contributed by atoms with Crippen LogP contribution in [-0.2, 0) is 25.6 Å². The van der Waals surface area contributed by atoms with E-state index in [-0.39, 0.29) is 53.8 Å². The number of nitrogens with zero attached hydrogens (tertiary/aromatic N) is 9. The van der Waals surface area contributed by atoms with Gasteiger partial charge in [-0.1, -0.05) is 30.3 Å². The number of imidazole rings is 1. The van der Waals surface area contributed by atoms with Gasteiger partial charge in [-0.3, -0.25) is 43.9 Å². The molecular formula is C52H58N12O6. The molecule has 0 unspecified atom stereocenters. The number of amides is 6. The zero-order valence-electron chi connectivity index (χ0n) is 39.2. The molecule has 1 saturated carbocycles. The summed E-state index contributed by atoms with van der Waals surface area (Å²) in [5.74, 6) is -0.621. The molecule has 18 nitrogen and oxygen atoms in total. The van der Waals surface area contributed by atoms with Crippen molar-refractivity contribution in [1.82, 2.24) is 44.9 Å². The Labute approximate surface area is 405 Å². The Morgan fingerprint density at radius 1 is 0.757 bits per heavy atom. The van der Waals surface area contributed by atoms with E-state index in [9.17, 15) is 28.8 Å². The van der Waals surface area contributed by atoms with E-state index in [4.69, 9.17) is 4.98 Å². The number of aromatic nitrogens is 4. The number of carbonyl (C=O) groups excluding carboxylic acids is 6. The molecule has 0 spiro atoms. The fourth-order valence-electron chi connectivity index (χ4n) is 11.1. The fourth-order valence-corrected chi connectivity index (χ4v) is 11.1. The number of benzene rings is 3. The lowest BCUT2D eigenvalue weighted by molar-refractivity contribution is -0.138. The summed E-state index contributed by atoms with van der Waals surface area (Å²) in [5.41, 5.74) is 5.93. The highest BCUT2D eigenvalue weighted by Crippen LogP contribution is 2.37. The number of imide groups is 2. The molecule has 3 N–H and O–H groups in total. The summed E-state index contributed by atoms with van der Waals surface area (Å²) in [6.45, 7) is 7.40. The summed E-state index contributed by atoms with van der Waals surface area (Å²) in [6.07, 6.45) is 10.4. The van der Waals surface area contributed by atoms with E-state index in [0.29, 0.717) is 31.2 Å². The summed E-state index contributed by atoms with van der Waals surface area (Å²) in [5, 5.41) is 8.86. The summed E-state index contributed by atoms with van der Waals surface area (Å²) >= 11 is 0. The van der Waals surface area contributed by atoms with Gasteiger partial charge in [0.25, 0.3) is 11.8 Å². The SMILES string of the molecule is O=C1CC[C@H](N2C(=O)c3ccc(N4CC(C(=O)N5CCN(CCCC6CCN(c7ccc(Nc8ncnc9c8ncn9C8CC(NC(=O)Cc9ccccc9)C8)cc7)CC6)CC5)C4)cc3C2=O)C(=O)N1. The molecule has 5 aromatic rings. The number of hydrogen-bond acceptors (Lipinski definition) is 13. The van der Waals surface area contributed by atoms with Gasteiger partial charge >= 0.3 is 0 Å². The van der Waals surface area contributed by atoms with E-state index in [1.54, 1.807) is 24.5 Å². The van der Waals surface area contributed by atoms with Crippen LogP contribution in [0.1, 0.15) is 83.7 Å². The molecule has 2 aromatic heterocycles. The number of hydrogen-bond donors (Lipinski definition) is 3. The van der Waals surface area contributed by atoms with Crippen LogP contribution in [0.3, 0.4) is 0 Å². The van der Waals surface area contributed by atoms with Crippen LogP contribution < -0.4 is 25.8 Å². The Kier molecular flexibility index (Phi) is 12.5. The average molecular weight is 947 g/mol. The van der Waals surface area contributed by atoms with Crippen molar-refractivity contribution in [3.8, 4) is 0 Å². The Bertz CT molecular complexity index is 2810. The van der Waals surface area contributed by atoms with Crippen LogP contribution in [-0.4, -0.2) is 141 Å². The van der Waals surface area contributed by atoms with E-state index in [2.05, 4.69) is 64.6 Å². The maximum absolute atomic E-state index is 13.5. The minimum atomic E-state index is -1.00. The molecule has 5 fully saturated rings. The van der Waals surface area contributed by atoms with Gasteiger partial charge in [0.05, 0.1) is 29.8 Å². The summed E-state index contributed by atoms with van der Waals surface area (Å²) in [7, 11) is 0. The van der Waals surface area contributed by atoms with E-state index < -0.39 is 29.7 Å². The lowest BCUT2D eigenvalue weighted by atomic mass is 9.86. The van der Waals surface area contributed by atoms with Crippen molar-refractivity contribution in [3.05, 3.63) is 102 Å². The standard InChI is InChI=1S/C52H58N12O6/c65-44-15-14-43(49(67)58-44)64-51(69)41-13-12-39(28-42(41)52(64)70)62-29-35(30-62)50(68)61-23-21-59(22-24-61)18-4-7-33-16-19-60(20-17-33)38-10-8-36(9-11-38)57-47-46-48(54-31-53-47)63(32-55-46)40-26-37(27-40)56-45(66)25-34-5-2-1-3-6-34/h1-3,5-6,8-13,28,31-33,35,37,40,43H,4,7,14-27,29-30H2,(H,56,66)(H,53,54,57)(H,58,65,67)/t37?,40?,43-/m0/s1. The molecular weight excluding hydrogens is 889 g/mol. The predicted molar refractivity (Wildman–Crippen MR) is 261 cm³/mol. The van der Waals surface area contributed by atoms with Gasteiger partial charge < -0.3 is 29.9 Å². The molecule has 4 saturated heterocycles. The first-order chi connectivity index (χ1) is 34.1. The number of rotatable bonds is 14. The predicted octanol–water partition coefficient (Wildman–Crippen LogP) is 4.31. The molecule has 6 amide bonds. The van der Waals surface area contributed by atoms with E-state index in [1.165, 1.54) is 24.9 Å². The van der Waals surface area contributed by atoms with Crippen molar-refractivity contribution in [2.45, 2.75) is 75.9 Å².